The predicted molar refractivity (Wildman–Crippen MR) is 111 cm³/mol. The number of carbonyl (C=O) groups excluding carboxylic acids is 3. The Morgan fingerprint density at radius 3 is 2.09 bits per heavy atom. The average Bonchev–Trinajstić information content (AvgIpc) is 2.77. The van der Waals surface area contributed by atoms with Crippen LogP contribution in [0, 0.1) is 5.82 Å². The van der Waals surface area contributed by atoms with Gasteiger partial charge in [0.2, 0.25) is 0 Å². The first-order chi connectivity index (χ1) is 15.7. The van der Waals surface area contributed by atoms with Crippen LogP contribution in [0.2, 0.25) is 0 Å². The predicted octanol–water partition coefficient (Wildman–Crippen LogP) is 1.98. The Morgan fingerprint density at radius 2 is 1.55 bits per heavy atom. The van der Waals surface area contributed by atoms with Gasteiger partial charge in [-0.2, -0.15) is 9.59 Å². The summed E-state index contributed by atoms with van der Waals surface area (Å²) in [4.78, 5) is 49.7. The molecule has 2 amide bonds. The molecule has 1 atom stereocenters. The van der Waals surface area contributed by atoms with Gasteiger partial charge in [0.1, 0.15) is 24.2 Å². The summed E-state index contributed by atoms with van der Waals surface area (Å²) in [6.45, 7) is 0.584. The van der Waals surface area contributed by atoms with Crippen molar-refractivity contribution in [3.8, 4) is 5.75 Å². The van der Waals surface area contributed by atoms with Gasteiger partial charge in [-0.3, -0.25) is 4.79 Å². The van der Waals surface area contributed by atoms with E-state index in [2.05, 4.69) is 10.6 Å². The minimum atomic E-state index is -1.29. The summed E-state index contributed by atoms with van der Waals surface area (Å²) in [6, 6.07) is 11.3. The molecule has 0 spiro atoms. The number of carboxylic acid groups (broad SMARTS) is 2. The van der Waals surface area contributed by atoms with Crippen molar-refractivity contribution in [3.63, 3.8) is 0 Å². The van der Waals surface area contributed by atoms with Crippen LogP contribution in [0.15, 0.2) is 48.5 Å². The van der Waals surface area contributed by atoms with Gasteiger partial charge in [-0.1, -0.05) is 24.3 Å². The second-order valence-electron chi connectivity index (χ2n) is 6.62. The number of urea groups is 1. The van der Waals surface area contributed by atoms with Crippen LogP contribution in [0.1, 0.15) is 24.0 Å². The maximum absolute atomic E-state index is 12.9. The van der Waals surface area contributed by atoms with Crippen molar-refractivity contribution < 1.29 is 43.3 Å². The Kier molecular flexibility index (Phi) is 11.9. The van der Waals surface area contributed by atoms with Gasteiger partial charge in [-0.15, -0.1) is 0 Å². The fourth-order valence-corrected chi connectivity index (χ4v) is 2.55. The zero-order chi connectivity index (χ0) is 24.6. The van der Waals surface area contributed by atoms with Crippen LogP contribution < -0.4 is 15.4 Å². The van der Waals surface area contributed by atoms with Gasteiger partial charge < -0.3 is 25.6 Å². The van der Waals surface area contributed by atoms with E-state index in [1.54, 1.807) is 24.3 Å². The highest BCUT2D eigenvalue weighted by Gasteiger charge is 2.20. The summed E-state index contributed by atoms with van der Waals surface area (Å²) in [7, 11) is 0. The quantitative estimate of drug-likeness (QED) is 0.394. The van der Waals surface area contributed by atoms with Gasteiger partial charge in [0.15, 0.2) is 0 Å². The number of amides is 2. The van der Waals surface area contributed by atoms with Gasteiger partial charge in [0.25, 0.3) is 0 Å². The Morgan fingerprint density at radius 1 is 0.970 bits per heavy atom. The van der Waals surface area contributed by atoms with Crippen molar-refractivity contribution in [2.75, 3.05) is 6.54 Å². The van der Waals surface area contributed by atoms with Crippen LogP contribution >= 0.6 is 0 Å². The van der Waals surface area contributed by atoms with Gasteiger partial charge >= 0.3 is 24.1 Å². The highest BCUT2D eigenvalue weighted by atomic mass is 19.1. The number of carbonyl (C=O) groups is 3. The largest absolute Gasteiger partial charge is 0.489 e. The highest BCUT2D eigenvalue weighted by molar-refractivity contribution is 5.83. The van der Waals surface area contributed by atoms with E-state index in [-0.39, 0.29) is 31.4 Å². The fourth-order valence-electron chi connectivity index (χ4n) is 2.55. The van der Waals surface area contributed by atoms with Crippen LogP contribution in [0.25, 0.3) is 0 Å². The lowest BCUT2D eigenvalue weighted by Crippen LogP contribution is -2.46. The monoisotopic (exact) mass is 462 g/mol. The second-order valence-corrected chi connectivity index (χ2v) is 6.62. The molecule has 0 fully saturated rings. The maximum Gasteiger partial charge on any atom is 0.373 e. The summed E-state index contributed by atoms with van der Waals surface area (Å²) in [5, 5.41) is 22.4. The molecule has 0 aliphatic carbocycles. The highest BCUT2D eigenvalue weighted by Crippen LogP contribution is 2.15. The summed E-state index contributed by atoms with van der Waals surface area (Å²) in [6.07, 6.45) is 0.211. The Hall–Kier alpha value is -4.24. The average molecular weight is 462 g/mol. The molecule has 176 valence electrons. The van der Waals surface area contributed by atoms with Crippen LogP contribution in [0.5, 0.6) is 5.75 Å². The molecule has 0 unspecified atom stereocenters. The Bertz CT molecular complexity index is 942. The Labute approximate surface area is 188 Å². The Balaban J connectivity index is 0.00000172. The standard InChI is InChI=1S/C21H23FN2O6.CO2/c22-16-5-1-15(2-6-16)13-30-17-7-3-14(4-8-17)11-12-23-21(29)24-18(20(27)28)9-10-19(25)26;2-1-3/h1-8,18H,9-13H2,(H,25,26)(H,27,28)(H2,23,24,29);/t18-;/m0./s1. The van der Waals surface area contributed by atoms with E-state index < -0.39 is 24.0 Å². The van der Waals surface area contributed by atoms with E-state index in [0.29, 0.717) is 18.8 Å². The molecule has 4 N–H and O–H groups in total. The van der Waals surface area contributed by atoms with Crippen molar-refractivity contribution in [2.24, 2.45) is 0 Å². The molecule has 33 heavy (non-hydrogen) atoms. The molecule has 0 saturated heterocycles. The number of carboxylic acids is 2. The molecule has 2 aromatic rings. The first-order valence-electron chi connectivity index (χ1n) is 9.69. The lowest BCUT2D eigenvalue weighted by Gasteiger charge is -2.14. The molecular formula is C22H23FN2O8. The van der Waals surface area contributed by atoms with Gasteiger partial charge in [-0.05, 0) is 48.2 Å². The van der Waals surface area contributed by atoms with Gasteiger partial charge in [0, 0.05) is 13.0 Å². The van der Waals surface area contributed by atoms with E-state index in [0.717, 1.165) is 11.1 Å². The SMILES string of the molecule is O=C(O)CC[C@H](NC(=O)NCCc1ccc(OCc2ccc(F)cc2)cc1)C(=O)O.O=C=O. The lowest BCUT2D eigenvalue weighted by molar-refractivity contribution is -0.191. The molecule has 0 aromatic heterocycles. The van der Waals surface area contributed by atoms with Crippen molar-refractivity contribution >= 4 is 24.1 Å². The molecule has 0 bridgehead atoms. The maximum atomic E-state index is 12.9. The number of benzene rings is 2. The van der Waals surface area contributed by atoms with E-state index in [1.165, 1.54) is 12.1 Å². The molecule has 0 radical (unpaired) electrons. The topological polar surface area (TPSA) is 159 Å². The van der Waals surface area contributed by atoms with Crippen molar-refractivity contribution in [1.29, 1.82) is 0 Å². The molecule has 10 nitrogen and oxygen atoms in total. The van der Waals surface area contributed by atoms with Crippen LogP contribution in [0.3, 0.4) is 0 Å². The zero-order valence-corrected chi connectivity index (χ0v) is 17.5. The molecule has 0 aliphatic rings. The number of hydrogen-bond acceptors (Lipinski definition) is 6. The zero-order valence-electron chi connectivity index (χ0n) is 17.5. The molecule has 0 aliphatic heterocycles. The van der Waals surface area contributed by atoms with Crippen LogP contribution in [0.4, 0.5) is 9.18 Å². The number of aliphatic carboxylic acids is 2. The van der Waals surface area contributed by atoms with E-state index in [4.69, 9.17) is 24.5 Å². The lowest BCUT2D eigenvalue weighted by atomic mass is 10.1. The van der Waals surface area contributed by atoms with Crippen molar-refractivity contribution in [1.82, 2.24) is 10.6 Å². The fraction of sp³-hybridized carbons (Fsp3) is 0.273. The van der Waals surface area contributed by atoms with Crippen molar-refractivity contribution in [2.45, 2.75) is 31.9 Å². The molecule has 0 saturated carbocycles. The van der Waals surface area contributed by atoms with E-state index >= 15 is 0 Å². The third-order valence-electron chi connectivity index (χ3n) is 4.19. The smallest absolute Gasteiger partial charge is 0.373 e. The van der Waals surface area contributed by atoms with Gasteiger partial charge in [0.05, 0.1) is 0 Å². The van der Waals surface area contributed by atoms with Crippen molar-refractivity contribution in [3.05, 3.63) is 65.5 Å². The number of ether oxygens (including phenoxy) is 1. The van der Waals surface area contributed by atoms with Crippen LogP contribution in [-0.2, 0) is 32.2 Å². The first-order valence-corrected chi connectivity index (χ1v) is 9.69. The van der Waals surface area contributed by atoms with E-state index in [9.17, 15) is 18.8 Å². The molecule has 2 rings (SSSR count). The summed E-state index contributed by atoms with van der Waals surface area (Å²) < 4.78 is 18.5. The third kappa shape index (κ3) is 11.7. The van der Waals surface area contributed by atoms with E-state index in [1.807, 2.05) is 12.1 Å². The molecule has 11 heteroatoms. The summed E-state index contributed by atoms with van der Waals surface area (Å²) in [5.74, 6) is -2.07. The van der Waals surface area contributed by atoms with Gasteiger partial charge in [-0.25, -0.2) is 14.0 Å². The number of halogens is 1. The summed E-state index contributed by atoms with van der Waals surface area (Å²) >= 11 is 0. The molecule has 2 aromatic carbocycles. The number of hydrogen-bond donors (Lipinski definition) is 4. The molecule has 0 heterocycles. The minimum Gasteiger partial charge on any atom is -0.489 e. The first kappa shape index (κ1) is 26.8. The second kappa shape index (κ2) is 14.7. The normalized spacial score (nSPS) is 10.6. The summed E-state index contributed by atoms with van der Waals surface area (Å²) in [5.41, 5.74) is 1.78. The third-order valence-corrected chi connectivity index (χ3v) is 4.19. The molecular weight excluding hydrogens is 439 g/mol. The van der Waals surface area contributed by atoms with Crippen LogP contribution in [-0.4, -0.2) is 46.9 Å². The number of nitrogens with one attached hydrogen (secondary N) is 2. The number of rotatable bonds is 11. The minimum absolute atomic E-state index is 0.197.